The Morgan fingerprint density at radius 3 is 2.75 bits per heavy atom. The lowest BCUT2D eigenvalue weighted by Crippen LogP contribution is -2.31. The third-order valence-corrected chi connectivity index (χ3v) is 5.15. The van der Waals surface area contributed by atoms with E-state index in [2.05, 4.69) is 43.0 Å². The van der Waals surface area contributed by atoms with Gasteiger partial charge in [-0.25, -0.2) is 15.0 Å². The first kappa shape index (κ1) is 18.4. The van der Waals surface area contributed by atoms with Crippen LogP contribution >= 0.6 is 0 Å². The highest BCUT2D eigenvalue weighted by atomic mass is 16.3. The van der Waals surface area contributed by atoms with Gasteiger partial charge in [-0.05, 0) is 17.7 Å². The van der Waals surface area contributed by atoms with Crippen LogP contribution in [0.5, 0.6) is 0 Å². The minimum absolute atomic E-state index is 0.123. The van der Waals surface area contributed by atoms with Crippen LogP contribution < -0.4 is 4.90 Å². The van der Waals surface area contributed by atoms with Gasteiger partial charge in [-0.15, -0.1) is 0 Å². The van der Waals surface area contributed by atoms with Gasteiger partial charge in [-0.3, -0.25) is 0 Å². The summed E-state index contributed by atoms with van der Waals surface area (Å²) in [6, 6.07) is 8.28. The fraction of sp³-hybridized carbons (Fsp3) is 0.350. The topological polar surface area (TPSA) is 103 Å². The van der Waals surface area contributed by atoms with Crippen molar-refractivity contribution in [2.75, 3.05) is 25.2 Å². The molecule has 0 unspecified atom stereocenters. The molecule has 146 valence electrons. The Balaban J connectivity index is 1.66. The van der Waals surface area contributed by atoms with Crippen molar-refractivity contribution in [2.45, 2.75) is 20.0 Å². The molecule has 0 radical (unpaired) electrons. The molecule has 28 heavy (non-hydrogen) atoms. The SMILES string of the molecule is CN(Cc1cccc2[nH]ccc12)c1ncnc2c1ncn2CC(C)(CO)CO. The average Bonchev–Trinajstić information content (AvgIpc) is 3.35. The van der Waals surface area contributed by atoms with E-state index in [9.17, 15) is 10.2 Å². The molecule has 0 saturated carbocycles. The fourth-order valence-corrected chi connectivity index (χ4v) is 3.44. The normalized spacial score (nSPS) is 12.1. The summed E-state index contributed by atoms with van der Waals surface area (Å²) in [6.07, 6.45) is 5.16. The van der Waals surface area contributed by atoms with E-state index in [4.69, 9.17) is 0 Å². The molecular formula is C20H24N6O2. The molecule has 3 aromatic heterocycles. The number of hydrogen-bond acceptors (Lipinski definition) is 6. The Hall–Kier alpha value is -2.97. The average molecular weight is 380 g/mol. The van der Waals surface area contributed by atoms with Gasteiger partial charge in [0.25, 0.3) is 0 Å². The maximum atomic E-state index is 9.59. The van der Waals surface area contributed by atoms with Crippen LogP contribution in [0.3, 0.4) is 0 Å². The number of rotatable bonds is 7. The second-order valence-corrected chi connectivity index (χ2v) is 7.58. The molecule has 8 heteroatoms. The van der Waals surface area contributed by atoms with Crippen LogP contribution in [-0.4, -0.2) is 55.0 Å². The second kappa shape index (κ2) is 7.21. The van der Waals surface area contributed by atoms with Crippen LogP contribution in [0, 0.1) is 5.41 Å². The monoisotopic (exact) mass is 380 g/mol. The Morgan fingerprint density at radius 1 is 1.14 bits per heavy atom. The molecule has 0 aliphatic heterocycles. The first-order chi connectivity index (χ1) is 13.5. The molecule has 0 spiro atoms. The molecule has 0 amide bonds. The maximum absolute atomic E-state index is 9.59. The summed E-state index contributed by atoms with van der Waals surface area (Å²) in [7, 11) is 1.98. The van der Waals surface area contributed by atoms with Gasteiger partial charge in [0.1, 0.15) is 6.33 Å². The summed E-state index contributed by atoms with van der Waals surface area (Å²) < 4.78 is 1.85. The van der Waals surface area contributed by atoms with Crippen molar-refractivity contribution >= 4 is 27.9 Å². The quantitative estimate of drug-likeness (QED) is 0.453. The molecule has 8 nitrogen and oxygen atoms in total. The number of aliphatic hydroxyl groups excluding tert-OH is 2. The molecule has 0 atom stereocenters. The summed E-state index contributed by atoms with van der Waals surface area (Å²) in [4.78, 5) is 18.6. The van der Waals surface area contributed by atoms with E-state index in [0.29, 0.717) is 24.3 Å². The van der Waals surface area contributed by atoms with Crippen molar-refractivity contribution in [1.82, 2.24) is 24.5 Å². The smallest absolute Gasteiger partial charge is 0.165 e. The van der Waals surface area contributed by atoms with Crippen molar-refractivity contribution < 1.29 is 10.2 Å². The van der Waals surface area contributed by atoms with Crippen molar-refractivity contribution in [1.29, 1.82) is 0 Å². The zero-order chi connectivity index (χ0) is 19.7. The van der Waals surface area contributed by atoms with Crippen molar-refractivity contribution in [3.63, 3.8) is 0 Å². The number of imidazole rings is 1. The second-order valence-electron chi connectivity index (χ2n) is 7.58. The van der Waals surface area contributed by atoms with Gasteiger partial charge in [-0.2, -0.15) is 0 Å². The maximum Gasteiger partial charge on any atom is 0.165 e. The lowest BCUT2D eigenvalue weighted by Gasteiger charge is -2.25. The molecule has 0 bridgehead atoms. The number of benzene rings is 1. The fourth-order valence-electron chi connectivity index (χ4n) is 3.44. The minimum Gasteiger partial charge on any atom is -0.396 e. The summed E-state index contributed by atoms with van der Waals surface area (Å²) in [6.45, 7) is 2.67. The lowest BCUT2D eigenvalue weighted by atomic mass is 9.93. The van der Waals surface area contributed by atoms with Crippen LogP contribution in [0.15, 0.2) is 43.1 Å². The van der Waals surface area contributed by atoms with Gasteiger partial charge < -0.3 is 24.7 Å². The largest absolute Gasteiger partial charge is 0.396 e. The number of H-pyrrole nitrogens is 1. The molecule has 4 aromatic rings. The van der Waals surface area contributed by atoms with Gasteiger partial charge in [0.15, 0.2) is 17.0 Å². The number of nitrogens with one attached hydrogen (secondary N) is 1. The highest BCUT2D eigenvalue weighted by Gasteiger charge is 2.25. The van der Waals surface area contributed by atoms with E-state index in [1.807, 2.05) is 30.8 Å². The van der Waals surface area contributed by atoms with Gasteiger partial charge in [0, 0.05) is 42.7 Å². The van der Waals surface area contributed by atoms with Crippen LogP contribution in [0.25, 0.3) is 22.1 Å². The number of aliphatic hydroxyl groups is 2. The molecule has 3 heterocycles. The van der Waals surface area contributed by atoms with Gasteiger partial charge in [0.05, 0.1) is 19.5 Å². The van der Waals surface area contributed by atoms with Crippen molar-refractivity contribution in [3.8, 4) is 0 Å². The summed E-state index contributed by atoms with van der Waals surface area (Å²) >= 11 is 0. The number of fused-ring (bicyclic) bond motifs is 2. The summed E-state index contributed by atoms with van der Waals surface area (Å²) in [5, 5.41) is 20.4. The number of aromatic amines is 1. The number of hydrogen-bond donors (Lipinski definition) is 3. The first-order valence-electron chi connectivity index (χ1n) is 9.18. The van der Waals surface area contributed by atoms with Gasteiger partial charge in [0.2, 0.25) is 0 Å². The highest BCUT2D eigenvalue weighted by molar-refractivity contribution is 5.85. The lowest BCUT2D eigenvalue weighted by molar-refractivity contribution is 0.0562. The van der Waals surface area contributed by atoms with E-state index in [1.54, 1.807) is 6.33 Å². The minimum atomic E-state index is -0.644. The van der Waals surface area contributed by atoms with Crippen LogP contribution in [0.4, 0.5) is 5.82 Å². The number of anilines is 1. The van der Waals surface area contributed by atoms with Crippen LogP contribution in [-0.2, 0) is 13.1 Å². The summed E-state index contributed by atoms with van der Waals surface area (Å²) in [5.41, 5.74) is 3.04. The number of aromatic nitrogens is 5. The highest BCUT2D eigenvalue weighted by Crippen LogP contribution is 2.26. The van der Waals surface area contributed by atoms with Crippen molar-refractivity contribution in [3.05, 3.63) is 48.7 Å². The molecule has 1 aromatic carbocycles. The van der Waals surface area contributed by atoms with E-state index >= 15 is 0 Å². The van der Waals surface area contributed by atoms with E-state index in [0.717, 1.165) is 11.3 Å². The molecule has 0 fully saturated rings. The number of nitrogens with zero attached hydrogens (tertiary/aromatic N) is 5. The molecule has 0 saturated heterocycles. The van der Waals surface area contributed by atoms with Crippen LogP contribution in [0.1, 0.15) is 12.5 Å². The molecular weight excluding hydrogens is 356 g/mol. The zero-order valence-corrected chi connectivity index (χ0v) is 16.0. The Labute approximate surface area is 162 Å². The van der Waals surface area contributed by atoms with E-state index < -0.39 is 5.41 Å². The zero-order valence-electron chi connectivity index (χ0n) is 16.0. The molecule has 4 rings (SSSR count). The Morgan fingerprint density at radius 2 is 1.96 bits per heavy atom. The van der Waals surface area contributed by atoms with Crippen molar-refractivity contribution in [2.24, 2.45) is 5.41 Å². The van der Waals surface area contributed by atoms with Gasteiger partial charge >= 0.3 is 0 Å². The predicted octanol–water partition coefficient (Wildman–Crippen LogP) is 1.93. The van der Waals surface area contributed by atoms with E-state index in [1.165, 1.54) is 17.3 Å². The Bertz CT molecular complexity index is 1100. The molecule has 0 aliphatic rings. The Kier molecular flexibility index (Phi) is 4.74. The predicted molar refractivity (Wildman–Crippen MR) is 108 cm³/mol. The first-order valence-corrected chi connectivity index (χ1v) is 9.18. The van der Waals surface area contributed by atoms with E-state index in [-0.39, 0.29) is 13.2 Å². The van der Waals surface area contributed by atoms with Gasteiger partial charge in [-0.1, -0.05) is 19.1 Å². The molecule has 0 aliphatic carbocycles. The summed E-state index contributed by atoms with van der Waals surface area (Å²) in [5.74, 6) is 0.742. The van der Waals surface area contributed by atoms with Crippen LogP contribution in [0.2, 0.25) is 0 Å². The third kappa shape index (κ3) is 3.21. The standard InChI is InChI=1S/C20H24N6O2/c1-20(10-27,11-28)9-26-13-24-17-18(22-12-23-19(17)26)25(2)8-14-4-3-5-16-15(14)6-7-21-16/h3-7,12-13,21,27-28H,8-11H2,1-2H3. The molecule has 3 N–H and O–H groups in total. The third-order valence-electron chi connectivity index (χ3n) is 5.15.